The Labute approximate surface area is 102 Å². The zero-order valence-electron chi connectivity index (χ0n) is 10.3. The summed E-state index contributed by atoms with van der Waals surface area (Å²) in [5, 5.41) is 5.07. The molecule has 2 N–H and O–H groups in total. The first kappa shape index (κ1) is 13.5. The number of ether oxygens (including phenoxy) is 1. The maximum absolute atomic E-state index is 11.3. The van der Waals surface area contributed by atoms with Gasteiger partial charge in [0.05, 0.1) is 6.61 Å². The van der Waals surface area contributed by atoms with Crippen molar-refractivity contribution in [1.29, 1.82) is 0 Å². The molecule has 0 heterocycles. The first-order valence-electron chi connectivity index (χ1n) is 6.10. The van der Waals surface area contributed by atoms with Gasteiger partial charge in [-0.25, -0.2) is 4.79 Å². The topological polar surface area (TPSA) is 67.4 Å². The fourth-order valence-corrected chi connectivity index (χ4v) is 1.73. The van der Waals surface area contributed by atoms with Gasteiger partial charge in [0.15, 0.2) is 0 Å². The van der Waals surface area contributed by atoms with Crippen molar-refractivity contribution in [2.45, 2.75) is 39.0 Å². The van der Waals surface area contributed by atoms with Crippen LogP contribution in [0.2, 0.25) is 0 Å². The second-order valence-electron chi connectivity index (χ2n) is 4.00. The number of urea groups is 1. The van der Waals surface area contributed by atoms with E-state index < -0.39 is 5.97 Å². The summed E-state index contributed by atoms with van der Waals surface area (Å²) in [6.45, 7) is 1.96. The first-order chi connectivity index (χ1) is 8.22. The van der Waals surface area contributed by atoms with Crippen molar-refractivity contribution in [3.05, 3.63) is 11.8 Å². The minimum Gasteiger partial charge on any atom is -0.465 e. The molecule has 0 spiro atoms. The van der Waals surface area contributed by atoms with Crippen LogP contribution >= 0.6 is 0 Å². The molecule has 1 saturated carbocycles. The van der Waals surface area contributed by atoms with Gasteiger partial charge in [-0.2, -0.15) is 0 Å². The minimum atomic E-state index is -0.423. The van der Waals surface area contributed by atoms with Gasteiger partial charge in [0, 0.05) is 6.20 Å². The number of carbonyl (C=O) groups excluding carboxylic acids is 2. The molecule has 5 nitrogen and oxygen atoms in total. The zero-order valence-corrected chi connectivity index (χ0v) is 10.3. The van der Waals surface area contributed by atoms with Crippen molar-refractivity contribution in [3.63, 3.8) is 0 Å². The average Bonchev–Trinajstić information content (AvgIpc) is 2.35. The van der Waals surface area contributed by atoms with Gasteiger partial charge < -0.3 is 15.4 Å². The highest BCUT2D eigenvalue weighted by atomic mass is 16.5. The van der Waals surface area contributed by atoms with E-state index in [1.807, 2.05) is 0 Å². The second kappa shape index (κ2) is 7.70. The summed E-state index contributed by atoms with van der Waals surface area (Å²) in [6, 6.07) is -0.365. The number of hydrogen-bond acceptors (Lipinski definition) is 3. The predicted molar refractivity (Wildman–Crippen MR) is 64.3 cm³/mol. The number of carbonyl (C=O) groups is 2. The summed E-state index contributed by atoms with van der Waals surface area (Å²) in [5.74, 6) is -0.423. The average molecular weight is 240 g/mol. The van der Waals surface area contributed by atoms with Crippen molar-refractivity contribution in [3.8, 4) is 0 Å². The fraction of sp³-hybridized carbons (Fsp3) is 0.667. The second-order valence-corrected chi connectivity index (χ2v) is 4.00. The molecule has 0 aromatic carbocycles. The maximum atomic E-state index is 11.3. The molecule has 17 heavy (non-hydrogen) atoms. The van der Waals surface area contributed by atoms with Crippen molar-refractivity contribution in [1.82, 2.24) is 10.6 Å². The van der Waals surface area contributed by atoms with E-state index in [-0.39, 0.29) is 12.6 Å². The highest BCUT2D eigenvalue weighted by Gasteiger charge is 2.07. The van der Waals surface area contributed by atoms with Crippen LogP contribution in [0.15, 0.2) is 11.8 Å². The van der Waals surface area contributed by atoms with Crippen LogP contribution in [0.3, 0.4) is 0 Å². The number of hydrogen-bond donors (Lipinski definition) is 2. The molecule has 96 valence electrons. The lowest BCUT2D eigenvalue weighted by Gasteiger charge is -2.13. The van der Waals surface area contributed by atoms with Gasteiger partial charge in [0.2, 0.25) is 0 Å². The Bertz CT molecular complexity index is 292. The van der Waals surface area contributed by atoms with Crippen LogP contribution in [-0.2, 0) is 9.53 Å². The van der Waals surface area contributed by atoms with Crippen LogP contribution in [0.4, 0.5) is 4.79 Å². The van der Waals surface area contributed by atoms with Crippen LogP contribution in [0.5, 0.6) is 0 Å². The number of nitrogens with one attached hydrogen (secondary N) is 2. The van der Waals surface area contributed by atoms with E-state index in [1.165, 1.54) is 24.8 Å². The number of amides is 2. The van der Waals surface area contributed by atoms with Crippen LogP contribution in [0, 0.1) is 0 Å². The molecule has 0 unspecified atom stereocenters. The molecule has 2 amide bonds. The highest BCUT2D eigenvalue weighted by molar-refractivity contribution is 5.81. The number of esters is 1. The van der Waals surface area contributed by atoms with E-state index in [0.29, 0.717) is 6.61 Å². The normalized spacial score (nSPS) is 15.0. The van der Waals surface area contributed by atoms with E-state index >= 15 is 0 Å². The lowest BCUT2D eigenvalue weighted by molar-refractivity contribution is -0.141. The summed E-state index contributed by atoms with van der Waals surface area (Å²) < 4.78 is 4.69. The molecule has 0 saturated heterocycles. The molecule has 1 rings (SSSR count). The fourth-order valence-electron chi connectivity index (χ4n) is 1.73. The SMILES string of the molecule is CCOC(=O)CNC(=O)NC=C1CCCCC1. The Morgan fingerprint density at radius 1 is 1.29 bits per heavy atom. The van der Waals surface area contributed by atoms with Gasteiger partial charge in [0.1, 0.15) is 6.54 Å². The molecule has 1 fully saturated rings. The van der Waals surface area contributed by atoms with Gasteiger partial charge in [-0.15, -0.1) is 0 Å². The molecule has 0 bridgehead atoms. The van der Waals surface area contributed by atoms with Crippen LogP contribution < -0.4 is 10.6 Å². The standard InChI is InChI=1S/C12H20N2O3/c1-2-17-11(15)9-14-12(16)13-8-10-6-4-3-5-7-10/h8H,2-7,9H2,1H3,(H2,13,14,16). The highest BCUT2D eigenvalue weighted by Crippen LogP contribution is 2.21. The lowest BCUT2D eigenvalue weighted by atomic mass is 9.96. The zero-order chi connectivity index (χ0) is 12.5. The summed E-state index contributed by atoms with van der Waals surface area (Å²) in [7, 11) is 0. The summed E-state index contributed by atoms with van der Waals surface area (Å²) in [4.78, 5) is 22.3. The van der Waals surface area contributed by atoms with E-state index in [1.54, 1.807) is 13.1 Å². The van der Waals surface area contributed by atoms with E-state index in [4.69, 9.17) is 0 Å². The molecule has 1 aliphatic carbocycles. The molecule has 0 radical (unpaired) electrons. The van der Waals surface area contributed by atoms with E-state index in [2.05, 4.69) is 15.4 Å². The third-order valence-corrected chi connectivity index (χ3v) is 2.60. The Morgan fingerprint density at radius 3 is 2.65 bits per heavy atom. The van der Waals surface area contributed by atoms with Gasteiger partial charge in [0.25, 0.3) is 0 Å². The maximum Gasteiger partial charge on any atom is 0.325 e. The molecule has 0 aromatic heterocycles. The van der Waals surface area contributed by atoms with Crippen molar-refractivity contribution < 1.29 is 14.3 Å². The van der Waals surface area contributed by atoms with Crippen molar-refractivity contribution >= 4 is 12.0 Å². The largest absolute Gasteiger partial charge is 0.465 e. The van der Waals surface area contributed by atoms with Gasteiger partial charge in [-0.1, -0.05) is 12.0 Å². The Morgan fingerprint density at radius 2 is 2.00 bits per heavy atom. The third kappa shape index (κ3) is 5.94. The predicted octanol–water partition coefficient (Wildman–Crippen LogP) is 1.70. The van der Waals surface area contributed by atoms with Crippen LogP contribution in [0.1, 0.15) is 39.0 Å². The number of allylic oxidation sites excluding steroid dienone is 1. The molecular weight excluding hydrogens is 220 g/mol. The molecule has 0 atom stereocenters. The summed E-state index contributed by atoms with van der Waals surface area (Å²) >= 11 is 0. The first-order valence-corrected chi connectivity index (χ1v) is 6.10. The van der Waals surface area contributed by atoms with E-state index in [0.717, 1.165) is 12.8 Å². The molecule has 5 heteroatoms. The Kier molecular flexibility index (Phi) is 6.14. The van der Waals surface area contributed by atoms with Crippen molar-refractivity contribution in [2.24, 2.45) is 0 Å². The van der Waals surface area contributed by atoms with E-state index in [9.17, 15) is 9.59 Å². The minimum absolute atomic E-state index is 0.0944. The molecular formula is C12H20N2O3. The van der Waals surface area contributed by atoms with Crippen LogP contribution in [-0.4, -0.2) is 25.2 Å². The Balaban J connectivity index is 2.18. The van der Waals surface area contributed by atoms with Crippen LogP contribution in [0.25, 0.3) is 0 Å². The van der Waals surface area contributed by atoms with Gasteiger partial charge in [-0.05, 0) is 32.6 Å². The number of rotatable bonds is 4. The van der Waals surface area contributed by atoms with Gasteiger partial charge in [-0.3, -0.25) is 4.79 Å². The smallest absolute Gasteiger partial charge is 0.325 e. The Hall–Kier alpha value is -1.52. The molecule has 1 aliphatic rings. The third-order valence-electron chi connectivity index (χ3n) is 2.60. The quantitative estimate of drug-likeness (QED) is 0.735. The molecule has 0 aromatic rings. The molecule has 0 aliphatic heterocycles. The summed E-state index contributed by atoms with van der Waals surface area (Å²) in [6.07, 6.45) is 7.51. The van der Waals surface area contributed by atoms with Gasteiger partial charge >= 0.3 is 12.0 Å². The lowest BCUT2D eigenvalue weighted by Crippen LogP contribution is -2.36. The van der Waals surface area contributed by atoms with Crippen molar-refractivity contribution in [2.75, 3.05) is 13.2 Å². The monoisotopic (exact) mass is 240 g/mol. The summed E-state index contributed by atoms with van der Waals surface area (Å²) in [5.41, 5.74) is 1.27.